The molecule has 0 saturated heterocycles. The number of nitrogens with zero attached hydrogens (tertiary/aromatic N) is 6. The highest BCUT2D eigenvalue weighted by Crippen LogP contribution is 2.25. The molecular formula is C18H19Cl2N7O3. The summed E-state index contributed by atoms with van der Waals surface area (Å²) in [4.78, 5) is 27.3. The van der Waals surface area contributed by atoms with Gasteiger partial charge < -0.3 is 20.2 Å². The molecule has 0 atom stereocenters. The van der Waals surface area contributed by atoms with Crippen molar-refractivity contribution in [3.63, 3.8) is 0 Å². The SMILES string of the molecule is Cc1nc(C)c(Cl)c(NCc2ccc(OCCn3c([N+](=O)[O-])cnc3C)c(Cl)n2)n1. The number of hydrogen-bond donors (Lipinski definition) is 1. The molecular weight excluding hydrogens is 433 g/mol. The van der Waals surface area contributed by atoms with Gasteiger partial charge in [-0.05, 0) is 30.9 Å². The van der Waals surface area contributed by atoms with Crippen LogP contribution in [0, 0.1) is 30.9 Å². The van der Waals surface area contributed by atoms with E-state index in [0.29, 0.717) is 46.2 Å². The number of hydrogen-bond acceptors (Lipinski definition) is 8. The maximum atomic E-state index is 11.0. The third kappa shape index (κ3) is 4.95. The largest absolute Gasteiger partial charge is 0.486 e. The first-order chi connectivity index (χ1) is 14.3. The fraction of sp³-hybridized carbons (Fsp3) is 0.333. The zero-order chi connectivity index (χ0) is 21.8. The van der Waals surface area contributed by atoms with Crippen molar-refractivity contribution < 1.29 is 9.66 Å². The smallest absolute Gasteiger partial charge is 0.342 e. The average Bonchev–Trinajstić information content (AvgIpc) is 3.06. The topological polar surface area (TPSA) is 121 Å². The van der Waals surface area contributed by atoms with Crippen LogP contribution in [-0.4, -0.2) is 36.0 Å². The van der Waals surface area contributed by atoms with E-state index in [0.717, 1.165) is 0 Å². The molecule has 3 aromatic rings. The van der Waals surface area contributed by atoms with Gasteiger partial charge in [0.2, 0.25) is 0 Å². The molecule has 10 nitrogen and oxygen atoms in total. The van der Waals surface area contributed by atoms with E-state index in [1.54, 1.807) is 26.0 Å². The van der Waals surface area contributed by atoms with Gasteiger partial charge >= 0.3 is 5.82 Å². The molecule has 0 aliphatic carbocycles. The van der Waals surface area contributed by atoms with Crippen LogP contribution in [0.15, 0.2) is 18.3 Å². The molecule has 12 heteroatoms. The lowest BCUT2D eigenvalue weighted by molar-refractivity contribution is -0.392. The van der Waals surface area contributed by atoms with Gasteiger partial charge in [-0.3, -0.25) is 0 Å². The van der Waals surface area contributed by atoms with E-state index in [9.17, 15) is 10.1 Å². The zero-order valence-corrected chi connectivity index (χ0v) is 18.0. The molecule has 30 heavy (non-hydrogen) atoms. The standard InChI is InChI=1S/C18H19Cl2N7O3/c1-10-16(19)18(24-11(2)23-10)22-8-13-4-5-14(17(20)25-13)30-7-6-26-12(3)21-9-15(26)27(28)29/h4-5,9H,6-8H2,1-3H3,(H,22,23,24). The molecule has 0 bridgehead atoms. The Hall–Kier alpha value is -2.98. The van der Waals surface area contributed by atoms with E-state index in [1.165, 1.54) is 10.8 Å². The van der Waals surface area contributed by atoms with Gasteiger partial charge in [0.15, 0.2) is 16.7 Å². The van der Waals surface area contributed by atoms with Crippen LogP contribution >= 0.6 is 23.2 Å². The van der Waals surface area contributed by atoms with E-state index in [2.05, 4.69) is 25.3 Å². The minimum atomic E-state index is -0.483. The van der Waals surface area contributed by atoms with E-state index >= 15 is 0 Å². The number of halogens is 2. The number of imidazole rings is 1. The molecule has 158 valence electrons. The third-order valence-corrected chi connectivity index (χ3v) is 4.95. The number of pyridine rings is 1. The maximum Gasteiger partial charge on any atom is 0.342 e. The summed E-state index contributed by atoms with van der Waals surface area (Å²) in [5, 5.41) is 14.8. The number of aromatic nitrogens is 5. The summed E-state index contributed by atoms with van der Waals surface area (Å²) >= 11 is 12.5. The predicted molar refractivity (Wildman–Crippen MR) is 112 cm³/mol. The quantitative estimate of drug-likeness (QED) is 0.310. The Morgan fingerprint density at radius 1 is 1.20 bits per heavy atom. The molecule has 3 rings (SSSR count). The molecule has 0 spiro atoms. The van der Waals surface area contributed by atoms with Crippen LogP contribution in [0.1, 0.15) is 23.0 Å². The predicted octanol–water partition coefficient (Wildman–Crippen LogP) is 3.90. The number of nitro groups is 1. The summed E-state index contributed by atoms with van der Waals surface area (Å²) < 4.78 is 7.11. The van der Waals surface area contributed by atoms with Gasteiger partial charge in [0.05, 0.1) is 17.9 Å². The van der Waals surface area contributed by atoms with Gasteiger partial charge in [0.1, 0.15) is 36.0 Å². The molecule has 0 aliphatic rings. The van der Waals surface area contributed by atoms with E-state index in [4.69, 9.17) is 27.9 Å². The van der Waals surface area contributed by atoms with Gasteiger partial charge in [-0.25, -0.2) is 24.5 Å². The molecule has 0 unspecified atom stereocenters. The van der Waals surface area contributed by atoms with Crippen molar-refractivity contribution in [2.24, 2.45) is 0 Å². The summed E-state index contributed by atoms with van der Waals surface area (Å²) in [6.07, 6.45) is 1.22. The first-order valence-corrected chi connectivity index (χ1v) is 9.71. The Morgan fingerprint density at radius 2 is 1.97 bits per heavy atom. The van der Waals surface area contributed by atoms with Gasteiger partial charge in [-0.1, -0.05) is 23.2 Å². The van der Waals surface area contributed by atoms with Gasteiger partial charge in [-0.2, -0.15) is 0 Å². The Bertz CT molecular complexity index is 1090. The van der Waals surface area contributed by atoms with E-state index < -0.39 is 4.92 Å². The van der Waals surface area contributed by atoms with Gasteiger partial charge in [0.25, 0.3) is 0 Å². The van der Waals surface area contributed by atoms with Crippen molar-refractivity contribution in [1.82, 2.24) is 24.5 Å². The fourth-order valence-electron chi connectivity index (χ4n) is 2.78. The first kappa shape index (κ1) is 21.7. The number of anilines is 1. The number of nitrogens with one attached hydrogen (secondary N) is 1. The van der Waals surface area contributed by atoms with Crippen molar-refractivity contribution in [3.05, 3.63) is 61.7 Å². The molecule has 0 amide bonds. The third-order valence-electron chi connectivity index (χ3n) is 4.23. The van der Waals surface area contributed by atoms with Crippen molar-refractivity contribution in [2.75, 3.05) is 11.9 Å². The van der Waals surface area contributed by atoms with Crippen molar-refractivity contribution in [2.45, 2.75) is 33.9 Å². The summed E-state index contributed by atoms with van der Waals surface area (Å²) in [7, 11) is 0. The second kappa shape index (κ2) is 9.23. The summed E-state index contributed by atoms with van der Waals surface area (Å²) in [6.45, 7) is 6.07. The van der Waals surface area contributed by atoms with E-state index in [1.807, 2.05) is 6.92 Å². The summed E-state index contributed by atoms with van der Waals surface area (Å²) in [6, 6.07) is 3.45. The molecule has 0 saturated carbocycles. The van der Waals surface area contributed by atoms with Crippen LogP contribution in [-0.2, 0) is 13.1 Å². The zero-order valence-electron chi connectivity index (χ0n) is 16.5. The van der Waals surface area contributed by atoms with Crippen molar-refractivity contribution >= 4 is 34.8 Å². The molecule has 0 aliphatic heterocycles. The second-order valence-corrected chi connectivity index (χ2v) is 7.12. The van der Waals surface area contributed by atoms with Crippen LogP contribution in [0.3, 0.4) is 0 Å². The molecule has 0 radical (unpaired) electrons. The van der Waals surface area contributed by atoms with Crippen molar-refractivity contribution in [1.29, 1.82) is 0 Å². The Kier molecular flexibility index (Phi) is 6.68. The van der Waals surface area contributed by atoms with Crippen LogP contribution in [0.25, 0.3) is 0 Å². The number of aryl methyl sites for hydroxylation is 3. The van der Waals surface area contributed by atoms with Gasteiger partial charge in [0, 0.05) is 6.92 Å². The Balaban J connectivity index is 1.61. The lowest BCUT2D eigenvalue weighted by atomic mass is 10.3. The molecule has 3 aromatic heterocycles. The lowest BCUT2D eigenvalue weighted by Crippen LogP contribution is -2.12. The highest BCUT2D eigenvalue weighted by molar-refractivity contribution is 6.33. The summed E-state index contributed by atoms with van der Waals surface area (Å²) in [5.74, 6) is 1.97. The Morgan fingerprint density at radius 3 is 2.67 bits per heavy atom. The van der Waals surface area contributed by atoms with Gasteiger partial charge in [-0.15, -0.1) is 0 Å². The molecule has 0 fully saturated rings. The average molecular weight is 452 g/mol. The summed E-state index contributed by atoms with van der Waals surface area (Å²) in [5.41, 5.74) is 1.35. The van der Waals surface area contributed by atoms with E-state index in [-0.39, 0.29) is 24.1 Å². The van der Waals surface area contributed by atoms with Crippen LogP contribution < -0.4 is 10.1 Å². The number of rotatable bonds is 8. The Labute approximate surface area is 182 Å². The second-order valence-electron chi connectivity index (χ2n) is 6.38. The molecule has 3 heterocycles. The molecule has 0 aromatic carbocycles. The van der Waals surface area contributed by atoms with Crippen molar-refractivity contribution in [3.8, 4) is 5.75 Å². The normalized spacial score (nSPS) is 10.8. The molecule has 1 N–H and O–H groups in total. The number of ether oxygens (including phenoxy) is 1. The fourth-order valence-corrected chi connectivity index (χ4v) is 3.16. The highest BCUT2D eigenvalue weighted by Gasteiger charge is 2.17. The van der Waals surface area contributed by atoms with Crippen LogP contribution in [0.5, 0.6) is 5.75 Å². The highest BCUT2D eigenvalue weighted by atomic mass is 35.5. The maximum absolute atomic E-state index is 11.0. The minimum absolute atomic E-state index is 0.0874. The van der Waals surface area contributed by atoms with Crippen LogP contribution in [0.2, 0.25) is 10.2 Å². The monoisotopic (exact) mass is 451 g/mol. The minimum Gasteiger partial charge on any atom is -0.486 e. The first-order valence-electron chi connectivity index (χ1n) is 8.95. The van der Waals surface area contributed by atoms with Crippen LogP contribution in [0.4, 0.5) is 11.6 Å². The lowest BCUT2D eigenvalue weighted by Gasteiger charge is -2.11.